The molecule has 1 heterocycles. The van der Waals surface area contributed by atoms with E-state index in [0.29, 0.717) is 17.0 Å². The van der Waals surface area contributed by atoms with Gasteiger partial charge < -0.3 is 9.47 Å². The molecule has 0 unspecified atom stereocenters. The maximum absolute atomic E-state index is 12.2. The van der Waals surface area contributed by atoms with Gasteiger partial charge in [-0.2, -0.15) is 0 Å². The maximum Gasteiger partial charge on any atom is 0.332 e. The summed E-state index contributed by atoms with van der Waals surface area (Å²) >= 11 is 2.07. The lowest BCUT2D eigenvalue weighted by Gasteiger charge is -2.25. The summed E-state index contributed by atoms with van der Waals surface area (Å²) in [6, 6.07) is 4.66. The van der Waals surface area contributed by atoms with Crippen molar-refractivity contribution < 1.29 is 14.3 Å². The van der Waals surface area contributed by atoms with Crippen molar-refractivity contribution in [3.8, 4) is 11.4 Å². The number of hydrogen-bond acceptors (Lipinski definition) is 5. The lowest BCUT2D eigenvalue weighted by atomic mass is 9.83. The summed E-state index contributed by atoms with van der Waals surface area (Å²) in [6.07, 6.45) is 1.38. The molecule has 8 heteroatoms. The Bertz CT molecular complexity index is 898. The van der Waals surface area contributed by atoms with Gasteiger partial charge in [-0.1, -0.05) is 0 Å². The Balaban J connectivity index is 2.76. The van der Waals surface area contributed by atoms with Crippen molar-refractivity contribution in [1.82, 2.24) is 9.55 Å². The Morgan fingerprint density at radius 2 is 1.92 bits per heavy atom. The average Bonchev–Trinajstić information content (AvgIpc) is 2.53. The maximum atomic E-state index is 12.2. The minimum Gasteiger partial charge on any atom is -0.495 e. The number of nitrogens with one attached hydrogen (secondary N) is 1. The van der Waals surface area contributed by atoms with Gasteiger partial charge >= 0.3 is 11.7 Å². The molecule has 0 radical (unpaired) electrons. The number of aromatic amines is 1. The van der Waals surface area contributed by atoms with Crippen LogP contribution in [0.2, 0.25) is 0 Å². The molecule has 0 saturated heterocycles. The first-order chi connectivity index (χ1) is 11.2. The highest BCUT2D eigenvalue weighted by molar-refractivity contribution is 14.1. The van der Waals surface area contributed by atoms with Gasteiger partial charge in [-0.15, -0.1) is 0 Å². The van der Waals surface area contributed by atoms with E-state index in [9.17, 15) is 14.4 Å². The zero-order valence-electron chi connectivity index (χ0n) is 13.7. The summed E-state index contributed by atoms with van der Waals surface area (Å²) in [4.78, 5) is 37.7. The predicted molar refractivity (Wildman–Crippen MR) is 97.0 cm³/mol. The van der Waals surface area contributed by atoms with Gasteiger partial charge in [0.2, 0.25) is 0 Å². The van der Waals surface area contributed by atoms with Crippen LogP contribution in [0.1, 0.15) is 19.4 Å². The van der Waals surface area contributed by atoms with E-state index < -0.39 is 22.6 Å². The summed E-state index contributed by atoms with van der Waals surface area (Å²) in [5.41, 5.74) is -0.938. The molecule has 0 aliphatic heterocycles. The van der Waals surface area contributed by atoms with Crippen molar-refractivity contribution in [2.75, 3.05) is 14.2 Å². The molecule has 2 rings (SSSR count). The Morgan fingerprint density at radius 1 is 1.25 bits per heavy atom. The van der Waals surface area contributed by atoms with Crippen LogP contribution >= 0.6 is 22.6 Å². The number of methoxy groups -OCH3 is 2. The van der Waals surface area contributed by atoms with E-state index in [0.717, 1.165) is 3.57 Å². The van der Waals surface area contributed by atoms with Gasteiger partial charge in [0.15, 0.2) is 0 Å². The van der Waals surface area contributed by atoms with Gasteiger partial charge in [0, 0.05) is 17.8 Å². The number of aromatic nitrogens is 2. The third kappa shape index (κ3) is 3.23. The molecule has 1 N–H and O–H groups in total. The second-order valence-electron chi connectivity index (χ2n) is 5.61. The fourth-order valence-corrected chi connectivity index (χ4v) is 3.21. The minimum atomic E-state index is -0.984. The predicted octanol–water partition coefficient (Wildman–Crippen LogP) is 1.59. The Kier molecular flexibility index (Phi) is 5.16. The molecule has 0 spiro atoms. The van der Waals surface area contributed by atoms with E-state index in [4.69, 9.17) is 9.47 Å². The van der Waals surface area contributed by atoms with Gasteiger partial charge in [-0.25, -0.2) is 4.79 Å². The molecule has 24 heavy (non-hydrogen) atoms. The summed E-state index contributed by atoms with van der Waals surface area (Å²) < 4.78 is 12.3. The third-order valence-corrected chi connectivity index (χ3v) is 4.50. The van der Waals surface area contributed by atoms with E-state index in [-0.39, 0.29) is 0 Å². The second-order valence-corrected chi connectivity index (χ2v) is 6.77. The first kappa shape index (κ1) is 18.2. The SMILES string of the molecule is COC(=O)C(C)(C)c1cc(-n2ccc(=O)[nH]c2=O)cc(I)c1OC. The number of carbonyl (C=O) groups is 1. The highest BCUT2D eigenvalue weighted by atomic mass is 127. The quantitative estimate of drug-likeness (QED) is 0.572. The highest BCUT2D eigenvalue weighted by Gasteiger charge is 2.35. The van der Waals surface area contributed by atoms with Gasteiger partial charge in [-0.3, -0.25) is 19.1 Å². The van der Waals surface area contributed by atoms with Crippen LogP contribution in [0.5, 0.6) is 5.75 Å². The van der Waals surface area contributed by atoms with Gasteiger partial charge in [-0.05, 0) is 48.6 Å². The molecule has 1 aromatic heterocycles. The van der Waals surface area contributed by atoms with Crippen molar-refractivity contribution in [3.63, 3.8) is 0 Å². The normalized spacial score (nSPS) is 11.2. The van der Waals surface area contributed by atoms with E-state index in [1.54, 1.807) is 26.0 Å². The molecular weight excluding hydrogens is 427 g/mol. The van der Waals surface area contributed by atoms with Crippen molar-refractivity contribution in [2.45, 2.75) is 19.3 Å². The standard InChI is InChI=1S/C16H17IN2O5/c1-16(2,14(21)24-4)10-7-9(8-11(17)13(10)23-3)19-6-5-12(20)18-15(19)22/h5-8H,1-4H3,(H,18,20,22). The first-order valence-corrected chi connectivity index (χ1v) is 8.09. The van der Waals surface area contributed by atoms with E-state index >= 15 is 0 Å². The molecule has 7 nitrogen and oxygen atoms in total. The third-order valence-electron chi connectivity index (χ3n) is 3.70. The highest BCUT2D eigenvalue weighted by Crippen LogP contribution is 2.37. The number of benzene rings is 1. The number of nitrogens with zero attached hydrogens (tertiary/aromatic N) is 1. The van der Waals surface area contributed by atoms with Crippen molar-refractivity contribution in [2.24, 2.45) is 0 Å². The molecule has 0 saturated carbocycles. The second kappa shape index (κ2) is 6.80. The van der Waals surface area contributed by atoms with Crippen molar-refractivity contribution in [3.05, 3.63) is 54.4 Å². The van der Waals surface area contributed by atoms with Crippen LogP contribution in [0.15, 0.2) is 34.0 Å². The number of carbonyl (C=O) groups excluding carboxylic acids is 1. The van der Waals surface area contributed by atoms with Crippen LogP contribution in [0, 0.1) is 3.57 Å². The van der Waals surface area contributed by atoms with Crippen LogP contribution in [0.3, 0.4) is 0 Å². The number of H-pyrrole nitrogens is 1. The molecule has 1 aromatic carbocycles. The number of hydrogen-bond donors (Lipinski definition) is 1. The number of esters is 1. The average molecular weight is 444 g/mol. The molecule has 0 aliphatic rings. The molecule has 0 atom stereocenters. The number of ether oxygens (including phenoxy) is 2. The zero-order valence-corrected chi connectivity index (χ0v) is 15.8. The Labute approximate surface area is 151 Å². The van der Waals surface area contributed by atoms with E-state index in [2.05, 4.69) is 27.6 Å². The van der Waals surface area contributed by atoms with E-state index in [1.807, 2.05) is 0 Å². The van der Waals surface area contributed by atoms with Crippen LogP contribution in [0.4, 0.5) is 0 Å². The summed E-state index contributed by atoms with van der Waals surface area (Å²) in [5.74, 6) is 0.106. The number of rotatable bonds is 4. The molecule has 0 amide bonds. The van der Waals surface area contributed by atoms with Gasteiger partial charge in [0.1, 0.15) is 5.75 Å². The van der Waals surface area contributed by atoms with Crippen LogP contribution in [-0.2, 0) is 14.9 Å². The monoisotopic (exact) mass is 444 g/mol. The smallest absolute Gasteiger partial charge is 0.332 e. The van der Waals surface area contributed by atoms with Crippen molar-refractivity contribution in [1.29, 1.82) is 0 Å². The largest absolute Gasteiger partial charge is 0.495 e. The minimum absolute atomic E-state index is 0.428. The molecule has 128 valence electrons. The van der Waals surface area contributed by atoms with Crippen molar-refractivity contribution >= 4 is 28.6 Å². The Hall–Kier alpha value is -2.10. The van der Waals surface area contributed by atoms with E-state index in [1.165, 1.54) is 31.0 Å². The molecule has 0 aliphatic carbocycles. The zero-order chi connectivity index (χ0) is 18.1. The van der Waals surface area contributed by atoms with Crippen LogP contribution in [-0.4, -0.2) is 29.7 Å². The number of halogens is 1. The molecule has 2 aromatic rings. The summed E-state index contributed by atoms with van der Waals surface area (Å²) in [5, 5.41) is 0. The van der Waals surface area contributed by atoms with Gasteiger partial charge in [0.05, 0.1) is 28.9 Å². The first-order valence-electron chi connectivity index (χ1n) is 7.01. The topological polar surface area (TPSA) is 90.4 Å². The fourth-order valence-electron chi connectivity index (χ4n) is 2.38. The molecule has 0 bridgehead atoms. The molecular formula is C16H17IN2O5. The lowest BCUT2D eigenvalue weighted by molar-refractivity contribution is -0.146. The fraction of sp³-hybridized carbons (Fsp3) is 0.312. The summed E-state index contributed by atoms with van der Waals surface area (Å²) in [7, 11) is 2.83. The molecule has 0 fully saturated rings. The van der Waals surface area contributed by atoms with Crippen LogP contribution < -0.4 is 16.0 Å². The van der Waals surface area contributed by atoms with Gasteiger partial charge in [0.25, 0.3) is 5.56 Å². The van der Waals surface area contributed by atoms with Crippen LogP contribution in [0.25, 0.3) is 5.69 Å². The lowest BCUT2D eigenvalue weighted by Crippen LogP contribution is -2.32. The summed E-state index contributed by atoms with van der Waals surface area (Å²) in [6.45, 7) is 3.43. The Morgan fingerprint density at radius 3 is 2.46 bits per heavy atom.